The molecule has 0 aliphatic carbocycles. The third-order valence-electron chi connectivity index (χ3n) is 2.94. The van der Waals surface area contributed by atoms with E-state index in [4.69, 9.17) is 0 Å². The summed E-state index contributed by atoms with van der Waals surface area (Å²) in [6.45, 7) is 0. The maximum atomic E-state index is 12.4. The average molecular weight is 344 g/mol. The van der Waals surface area contributed by atoms with Crippen molar-refractivity contribution in [2.75, 3.05) is 0 Å². The van der Waals surface area contributed by atoms with Crippen molar-refractivity contribution in [1.29, 1.82) is 0 Å². The van der Waals surface area contributed by atoms with Crippen LogP contribution in [0.4, 0.5) is 13.2 Å². The van der Waals surface area contributed by atoms with Crippen LogP contribution in [0.3, 0.4) is 0 Å². The fraction of sp³-hybridized carbons (Fsp3) is 0.133. The highest BCUT2D eigenvalue weighted by atomic mass is 32.2. The van der Waals surface area contributed by atoms with E-state index in [0.29, 0.717) is 12.0 Å². The number of hydrogen-bond acceptors (Lipinski definition) is 4. The van der Waals surface area contributed by atoms with Crippen LogP contribution in [0.5, 0.6) is 5.75 Å². The molecule has 0 saturated heterocycles. The van der Waals surface area contributed by atoms with Gasteiger partial charge in [0.15, 0.2) is 12.0 Å². The van der Waals surface area contributed by atoms with Crippen LogP contribution in [0.15, 0.2) is 48.5 Å². The SMILES string of the molecule is O=Cc1ccc(Cc2ccccc2)cc1OS(=O)(=O)C(F)(F)F. The van der Waals surface area contributed by atoms with Crippen LogP contribution in [-0.4, -0.2) is 20.2 Å². The standard InChI is InChI=1S/C15H11F3O4S/c16-15(17,18)23(20,21)22-14-9-12(6-7-13(14)10-19)8-11-4-2-1-3-5-11/h1-7,9-10H,8H2. The highest BCUT2D eigenvalue weighted by Gasteiger charge is 2.48. The second-order valence-corrected chi connectivity index (χ2v) is 6.17. The molecule has 0 amide bonds. The number of aldehydes is 1. The van der Waals surface area contributed by atoms with Crippen molar-refractivity contribution in [2.45, 2.75) is 11.9 Å². The Morgan fingerprint density at radius 1 is 1.00 bits per heavy atom. The van der Waals surface area contributed by atoms with Gasteiger partial charge in [-0.2, -0.15) is 21.6 Å². The van der Waals surface area contributed by atoms with E-state index < -0.39 is 21.4 Å². The summed E-state index contributed by atoms with van der Waals surface area (Å²) in [5.74, 6) is -0.647. The molecule has 0 aromatic heterocycles. The first-order chi connectivity index (χ1) is 10.7. The van der Waals surface area contributed by atoms with E-state index in [9.17, 15) is 26.4 Å². The monoisotopic (exact) mass is 344 g/mol. The summed E-state index contributed by atoms with van der Waals surface area (Å²) in [5.41, 5.74) is -4.47. The molecule has 2 rings (SSSR count). The predicted molar refractivity (Wildman–Crippen MR) is 76.7 cm³/mol. The van der Waals surface area contributed by atoms with Crippen LogP contribution in [-0.2, 0) is 16.5 Å². The molecule has 8 heteroatoms. The number of halogens is 3. The van der Waals surface area contributed by atoms with Crippen molar-refractivity contribution < 1.29 is 30.6 Å². The summed E-state index contributed by atoms with van der Waals surface area (Å²) < 4.78 is 63.5. The first kappa shape index (κ1) is 17.0. The minimum atomic E-state index is -5.83. The molecule has 4 nitrogen and oxygen atoms in total. The normalized spacial score (nSPS) is 12.0. The molecule has 2 aromatic carbocycles. The molecule has 0 aliphatic heterocycles. The number of alkyl halides is 3. The highest BCUT2D eigenvalue weighted by molar-refractivity contribution is 7.88. The molecule has 2 aromatic rings. The molecule has 0 atom stereocenters. The van der Waals surface area contributed by atoms with Crippen molar-refractivity contribution in [1.82, 2.24) is 0 Å². The molecule has 0 radical (unpaired) electrons. The summed E-state index contributed by atoms with van der Waals surface area (Å²) in [5, 5.41) is 0. The van der Waals surface area contributed by atoms with Gasteiger partial charge in [-0.25, -0.2) is 0 Å². The molecule has 0 unspecified atom stereocenters. The lowest BCUT2D eigenvalue weighted by Gasteiger charge is -2.12. The molecule has 0 fully saturated rings. The van der Waals surface area contributed by atoms with Gasteiger partial charge in [0.05, 0.1) is 5.56 Å². The van der Waals surface area contributed by atoms with Crippen LogP contribution >= 0.6 is 0 Å². The minimum absolute atomic E-state index is 0.230. The summed E-state index contributed by atoms with van der Waals surface area (Å²) in [4.78, 5) is 10.9. The van der Waals surface area contributed by atoms with Crippen LogP contribution in [0.2, 0.25) is 0 Å². The fourth-order valence-corrected chi connectivity index (χ4v) is 2.33. The maximum absolute atomic E-state index is 12.4. The van der Waals surface area contributed by atoms with Crippen molar-refractivity contribution >= 4 is 16.4 Å². The molecule has 0 bridgehead atoms. The molecule has 0 spiro atoms. The minimum Gasteiger partial charge on any atom is -0.375 e. The Labute approximate surface area is 130 Å². The Hall–Kier alpha value is -2.35. The van der Waals surface area contributed by atoms with Crippen molar-refractivity contribution in [2.24, 2.45) is 0 Å². The molecular weight excluding hydrogens is 333 g/mol. The summed E-state index contributed by atoms with van der Waals surface area (Å²) >= 11 is 0. The van der Waals surface area contributed by atoms with Gasteiger partial charge in [0.1, 0.15) is 0 Å². The highest BCUT2D eigenvalue weighted by Crippen LogP contribution is 2.29. The smallest absolute Gasteiger partial charge is 0.375 e. The van der Waals surface area contributed by atoms with Gasteiger partial charge in [0, 0.05) is 0 Å². The average Bonchev–Trinajstić information content (AvgIpc) is 2.47. The lowest BCUT2D eigenvalue weighted by atomic mass is 10.0. The topological polar surface area (TPSA) is 60.4 Å². The van der Waals surface area contributed by atoms with Crippen LogP contribution in [0.1, 0.15) is 21.5 Å². The number of rotatable bonds is 5. The molecule has 23 heavy (non-hydrogen) atoms. The molecular formula is C15H11F3O4S. The summed E-state index contributed by atoms with van der Waals surface area (Å²) in [7, 11) is -5.83. The quantitative estimate of drug-likeness (QED) is 0.474. The Morgan fingerprint density at radius 3 is 2.22 bits per heavy atom. The lowest BCUT2D eigenvalue weighted by Crippen LogP contribution is -2.28. The number of benzene rings is 2. The third kappa shape index (κ3) is 4.10. The molecule has 0 saturated carbocycles. The first-order valence-electron chi connectivity index (χ1n) is 6.36. The largest absolute Gasteiger partial charge is 0.534 e. The van der Waals surface area contributed by atoms with Gasteiger partial charge in [-0.1, -0.05) is 36.4 Å². The van der Waals surface area contributed by atoms with E-state index >= 15 is 0 Å². The number of carbonyl (C=O) groups excluding carboxylic acids is 1. The van der Waals surface area contributed by atoms with Gasteiger partial charge in [0.25, 0.3) is 0 Å². The summed E-state index contributed by atoms with van der Waals surface area (Å²) in [6, 6.07) is 12.8. The number of hydrogen-bond donors (Lipinski definition) is 0. The zero-order valence-corrected chi connectivity index (χ0v) is 12.4. The van der Waals surface area contributed by atoms with Crippen molar-refractivity contribution in [3.63, 3.8) is 0 Å². The van der Waals surface area contributed by atoms with Crippen LogP contribution in [0, 0.1) is 0 Å². The zero-order chi connectivity index (χ0) is 17.1. The zero-order valence-electron chi connectivity index (χ0n) is 11.6. The van der Waals surface area contributed by atoms with Gasteiger partial charge < -0.3 is 4.18 Å². The second kappa shape index (κ2) is 6.41. The summed E-state index contributed by atoms with van der Waals surface area (Å²) in [6.07, 6.45) is 0.579. The van der Waals surface area contributed by atoms with Gasteiger partial charge in [0.2, 0.25) is 0 Å². The van der Waals surface area contributed by atoms with E-state index in [1.54, 1.807) is 24.3 Å². The Morgan fingerprint density at radius 2 is 1.65 bits per heavy atom. The van der Waals surface area contributed by atoms with Crippen LogP contribution in [0.25, 0.3) is 0 Å². The Kier molecular flexibility index (Phi) is 4.74. The molecule has 0 N–H and O–H groups in total. The van der Waals surface area contributed by atoms with E-state index in [1.807, 2.05) is 6.07 Å². The number of carbonyl (C=O) groups is 1. The molecule has 0 heterocycles. The van der Waals surface area contributed by atoms with Crippen LogP contribution < -0.4 is 4.18 Å². The fourth-order valence-electron chi connectivity index (χ4n) is 1.86. The Balaban J connectivity index is 2.35. The van der Waals surface area contributed by atoms with E-state index in [1.165, 1.54) is 12.1 Å². The van der Waals surface area contributed by atoms with Gasteiger partial charge in [-0.3, -0.25) is 4.79 Å². The second-order valence-electron chi connectivity index (χ2n) is 4.64. The Bertz CT molecular complexity index is 799. The van der Waals surface area contributed by atoms with Gasteiger partial charge >= 0.3 is 15.6 Å². The maximum Gasteiger partial charge on any atom is 0.534 e. The van der Waals surface area contributed by atoms with E-state index in [0.717, 1.165) is 11.6 Å². The molecule has 0 aliphatic rings. The van der Waals surface area contributed by atoms with Crippen molar-refractivity contribution in [3.8, 4) is 5.75 Å². The lowest BCUT2D eigenvalue weighted by molar-refractivity contribution is -0.0500. The third-order valence-corrected chi connectivity index (χ3v) is 3.90. The predicted octanol–water partition coefficient (Wildman–Crippen LogP) is 3.32. The van der Waals surface area contributed by atoms with Crippen molar-refractivity contribution in [3.05, 3.63) is 65.2 Å². The van der Waals surface area contributed by atoms with Gasteiger partial charge in [-0.15, -0.1) is 0 Å². The van der Waals surface area contributed by atoms with E-state index in [-0.39, 0.29) is 11.8 Å². The molecule has 122 valence electrons. The first-order valence-corrected chi connectivity index (χ1v) is 7.76. The van der Waals surface area contributed by atoms with Gasteiger partial charge in [-0.05, 0) is 29.7 Å². The van der Waals surface area contributed by atoms with E-state index in [2.05, 4.69) is 4.18 Å².